The molecule has 0 amide bonds. The minimum Gasteiger partial charge on any atom is -0.461 e. The molecule has 3 heteroatoms. The van der Waals surface area contributed by atoms with Crippen molar-refractivity contribution in [2.24, 2.45) is 23.2 Å². The molecule has 1 unspecified atom stereocenters. The summed E-state index contributed by atoms with van der Waals surface area (Å²) in [6.45, 7) is 6.26. The standard InChI is InChI=1S/C15H22O3/c1-8-4-5-11(16)15(3)7-6-10-9(2)14(17)18-13(10)12(8)15/h4,9-13,16H,5-7H2,1-3H3/t9-,10-,11+,12?,13-,15-/m0/s1. The molecule has 6 atom stereocenters. The molecule has 0 spiro atoms. The second kappa shape index (κ2) is 3.83. The highest BCUT2D eigenvalue weighted by Crippen LogP contribution is 2.56. The minimum atomic E-state index is -0.304. The summed E-state index contributed by atoms with van der Waals surface area (Å²) in [6.07, 6.45) is 4.52. The Hall–Kier alpha value is -0.830. The maximum Gasteiger partial charge on any atom is 0.309 e. The van der Waals surface area contributed by atoms with Crippen molar-refractivity contribution in [1.29, 1.82) is 0 Å². The molecule has 0 aromatic carbocycles. The van der Waals surface area contributed by atoms with E-state index in [-0.39, 0.29) is 35.4 Å². The predicted octanol–water partition coefficient (Wildman–Crippen LogP) is 2.29. The molecular weight excluding hydrogens is 228 g/mol. The number of carbonyl (C=O) groups is 1. The van der Waals surface area contributed by atoms with E-state index in [0.717, 1.165) is 19.3 Å². The summed E-state index contributed by atoms with van der Waals surface area (Å²) < 4.78 is 5.64. The van der Waals surface area contributed by atoms with E-state index in [0.29, 0.717) is 5.92 Å². The topological polar surface area (TPSA) is 46.5 Å². The van der Waals surface area contributed by atoms with Crippen molar-refractivity contribution in [1.82, 2.24) is 0 Å². The fourth-order valence-corrected chi connectivity index (χ4v) is 4.37. The summed E-state index contributed by atoms with van der Waals surface area (Å²) in [5.74, 6) is 0.506. The smallest absolute Gasteiger partial charge is 0.309 e. The van der Waals surface area contributed by atoms with Crippen LogP contribution in [-0.2, 0) is 9.53 Å². The molecule has 1 saturated heterocycles. The molecule has 0 aromatic heterocycles. The van der Waals surface area contributed by atoms with Crippen LogP contribution in [0.4, 0.5) is 0 Å². The van der Waals surface area contributed by atoms with Gasteiger partial charge in [0.15, 0.2) is 0 Å². The van der Waals surface area contributed by atoms with Gasteiger partial charge in [0.05, 0.1) is 12.0 Å². The molecule has 0 bridgehead atoms. The van der Waals surface area contributed by atoms with E-state index in [1.807, 2.05) is 6.92 Å². The maximum atomic E-state index is 11.8. The van der Waals surface area contributed by atoms with E-state index in [9.17, 15) is 9.90 Å². The average Bonchev–Trinajstić information content (AvgIpc) is 2.60. The fourth-order valence-electron chi connectivity index (χ4n) is 4.37. The first-order valence-electron chi connectivity index (χ1n) is 7.00. The van der Waals surface area contributed by atoms with Crippen molar-refractivity contribution < 1.29 is 14.6 Å². The summed E-state index contributed by atoms with van der Waals surface area (Å²) in [6, 6.07) is 0. The Morgan fingerprint density at radius 3 is 2.94 bits per heavy atom. The largest absolute Gasteiger partial charge is 0.461 e. The summed E-state index contributed by atoms with van der Waals surface area (Å²) >= 11 is 0. The highest BCUT2D eigenvalue weighted by atomic mass is 16.6. The molecule has 1 aliphatic heterocycles. The second-order valence-corrected chi connectivity index (χ2v) is 6.58. The number of carbonyl (C=O) groups excluding carboxylic acids is 1. The Bertz CT molecular complexity index is 414. The maximum absolute atomic E-state index is 11.8. The minimum absolute atomic E-state index is 0.0163. The lowest BCUT2D eigenvalue weighted by atomic mass is 9.55. The fraction of sp³-hybridized carbons (Fsp3) is 0.800. The van der Waals surface area contributed by atoms with Crippen molar-refractivity contribution in [2.45, 2.75) is 52.2 Å². The number of fused-ring (bicyclic) bond motifs is 3. The molecule has 3 aliphatic rings. The number of hydrogen-bond acceptors (Lipinski definition) is 3. The van der Waals surface area contributed by atoms with E-state index < -0.39 is 0 Å². The zero-order valence-electron chi connectivity index (χ0n) is 11.3. The number of hydrogen-bond donors (Lipinski definition) is 1. The number of ether oxygens (including phenoxy) is 1. The molecule has 1 N–H and O–H groups in total. The van der Waals surface area contributed by atoms with Crippen LogP contribution in [0.2, 0.25) is 0 Å². The predicted molar refractivity (Wildman–Crippen MR) is 67.7 cm³/mol. The SMILES string of the molecule is CC1=CC[C@@H](O)[C@]2(C)CC[C@H]3[C@H](C)C(=O)O[C@@H]3C12. The van der Waals surface area contributed by atoms with Crippen molar-refractivity contribution in [3.8, 4) is 0 Å². The van der Waals surface area contributed by atoms with Crippen LogP contribution in [0.15, 0.2) is 11.6 Å². The van der Waals surface area contributed by atoms with E-state index >= 15 is 0 Å². The Labute approximate surface area is 108 Å². The van der Waals surface area contributed by atoms with Gasteiger partial charge in [0.1, 0.15) is 6.10 Å². The number of aliphatic hydroxyl groups excluding tert-OH is 1. The number of aliphatic hydroxyl groups is 1. The lowest BCUT2D eigenvalue weighted by molar-refractivity contribution is -0.151. The van der Waals surface area contributed by atoms with Gasteiger partial charge < -0.3 is 9.84 Å². The van der Waals surface area contributed by atoms with Crippen molar-refractivity contribution >= 4 is 5.97 Å². The first kappa shape index (κ1) is 12.2. The lowest BCUT2D eigenvalue weighted by Crippen LogP contribution is -2.52. The number of rotatable bonds is 0. The number of esters is 1. The molecule has 1 saturated carbocycles. The van der Waals surface area contributed by atoms with Gasteiger partial charge in [-0.2, -0.15) is 0 Å². The summed E-state index contributed by atoms with van der Waals surface area (Å²) in [4.78, 5) is 11.8. The Morgan fingerprint density at radius 1 is 1.50 bits per heavy atom. The van der Waals surface area contributed by atoms with Gasteiger partial charge in [0.2, 0.25) is 0 Å². The van der Waals surface area contributed by atoms with Gasteiger partial charge in [-0.1, -0.05) is 25.5 Å². The Balaban J connectivity index is 2.00. The van der Waals surface area contributed by atoms with Crippen molar-refractivity contribution in [3.63, 3.8) is 0 Å². The van der Waals surface area contributed by atoms with Crippen LogP contribution in [-0.4, -0.2) is 23.3 Å². The molecule has 2 aliphatic carbocycles. The van der Waals surface area contributed by atoms with Crippen LogP contribution >= 0.6 is 0 Å². The molecule has 0 aromatic rings. The summed E-state index contributed by atoms with van der Waals surface area (Å²) in [7, 11) is 0. The Morgan fingerprint density at radius 2 is 2.22 bits per heavy atom. The molecule has 1 heterocycles. The average molecular weight is 250 g/mol. The van der Waals surface area contributed by atoms with Gasteiger partial charge in [-0.15, -0.1) is 0 Å². The van der Waals surface area contributed by atoms with Gasteiger partial charge in [0.25, 0.3) is 0 Å². The molecule has 100 valence electrons. The molecule has 3 nitrogen and oxygen atoms in total. The van der Waals surface area contributed by atoms with Crippen LogP contribution < -0.4 is 0 Å². The van der Waals surface area contributed by atoms with E-state index in [4.69, 9.17) is 4.74 Å². The van der Waals surface area contributed by atoms with Gasteiger partial charge >= 0.3 is 5.97 Å². The van der Waals surface area contributed by atoms with Gasteiger partial charge in [-0.3, -0.25) is 4.79 Å². The van der Waals surface area contributed by atoms with Crippen LogP contribution in [0.5, 0.6) is 0 Å². The van der Waals surface area contributed by atoms with Crippen LogP contribution in [0.1, 0.15) is 40.0 Å². The Kier molecular flexibility index (Phi) is 2.60. The summed E-state index contributed by atoms with van der Waals surface area (Å²) in [5, 5.41) is 10.3. The normalized spacial score (nSPS) is 51.2. The van der Waals surface area contributed by atoms with E-state index in [2.05, 4.69) is 19.9 Å². The molecular formula is C15H22O3. The third-order valence-corrected chi connectivity index (χ3v) is 5.66. The van der Waals surface area contributed by atoms with Crippen molar-refractivity contribution in [3.05, 3.63) is 11.6 Å². The highest BCUT2D eigenvalue weighted by Gasteiger charge is 2.58. The van der Waals surface area contributed by atoms with Crippen LogP contribution in [0.25, 0.3) is 0 Å². The van der Waals surface area contributed by atoms with Gasteiger partial charge in [-0.05, 0) is 26.2 Å². The van der Waals surface area contributed by atoms with Crippen LogP contribution in [0, 0.1) is 23.2 Å². The highest BCUT2D eigenvalue weighted by molar-refractivity contribution is 5.75. The van der Waals surface area contributed by atoms with Crippen LogP contribution in [0.3, 0.4) is 0 Å². The molecule has 3 rings (SSSR count). The monoisotopic (exact) mass is 250 g/mol. The van der Waals surface area contributed by atoms with E-state index in [1.165, 1.54) is 5.57 Å². The second-order valence-electron chi connectivity index (χ2n) is 6.58. The first-order chi connectivity index (χ1) is 8.45. The third-order valence-electron chi connectivity index (χ3n) is 5.66. The third kappa shape index (κ3) is 1.43. The zero-order valence-corrected chi connectivity index (χ0v) is 11.3. The zero-order chi connectivity index (χ0) is 13.1. The lowest BCUT2D eigenvalue weighted by Gasteiger charge is -2.51. The van der Waals surface area contributed by atoms with Gasteiger partial charge in [0, 0.05) is 17.3 Å². The molecule has 0 radical (unpaired) electrons. The quantitative estimate of drug-likeness (QED) is 0.530. The van der Waals surface area contributed by atoms with Gasteiger partial charge in [-0.25, -0.2) is 0 Å². The van der Waals surface area contributed by atoms with E-state index in [1.54, 1.807) is 0 Å². The first-order valence-corrected chi connectivity index (χ1v) is 7.00. The molecule has 18 heavy (non-hydrogen) atoms. The molecule has 2 fully saturated rings. The summed E-state index contributed by atoms with van der Waals surface area (Å²) in [5.41, 5.74) is 1.17. The van der Waals surface area contributed by atoms with Crippen molar-refractivity contribution in [2.75, 3.05) is 0 Å².